The predicted molar refractivity (Wildman–Crippen MR) is 201 cm³/mol. The summed E-state index contributed by atoms with van der Waals surface area (Å²) in [5.74, 6) is 1.06. The zero-order chi connectivity index (χ0) is 33.2. The number of aromatic nitrogens is 1. The van der Waals surface area contributed by atoms with Crippen LogP contribution in [0.1, 0.15) is 78.7 Å². The van der Waals surface area contributed by atoms with Gasteiger partial charge in [-0.3, -0.25) is 9.78 Å². The van der Waals surface area contributed by atoms with Crippen molar-refractivity contribution in [1.82, 2.24) is 4.98 Å². The third kappa shape index (κ3) is 6.83. The molecule has 1 radical (unpaired) electrons. The van der Waals surface area contributed by atoms with Crippen LogP contribution in [0.5, 0.6) is 0 Å². The number of nitrogens with zero attached hydrogens (tertiary/aromatic N) is 1. The van der Waals surface area contributed by atoms with Crippen LogP contribution in [0.2, 0.25) is 0 Å². The first-order valence-electron chi connectivity index (χ1n) is 17.1. The Kier molecular flexibility index (Phi) is 11.5. The van der Waals surface area contributed by atoms with E-state index < -0.39 is 0 Å². The number of benzene rings is 5. The number of aliphatic hydroxyl groups is 1. The van der Waals surface area contributed by atoms with Crippen molar-refractivity contribution in [1.29, 1.82) is 0 Å². The first kappa shape index (κ1) is 35.8. The average molecular weight is 831 g/mol. The van der Waals surface area contributed by atoms with Gasteiger partial charge in [0.05, 0.1) is 5.76 Å². The Bertz CT molecular complexity index is 2140. The van der Waals surface area contributed by atoms with Gasteiger partial charge in [-0.2, -0.15) is 0 Å². The van der Waals surface area contributed by atoms with Gasteiger partial charge in [0, 0.05) is 54.8 Å². The van der Waals surface area contributed by atoms with E-state index in [1.54, 1.807) is 0 Å². The third-order valence-corrected chi connectivity index (χ3v) is 10.9. The number of allylic oxidation sites excluding steroid dienone is 2. The summed E-state index contributed by atoms with van der Waals surface area (Å²) in [6.45, 7) is 12.6. The molecule has 1 aliphatic rings. The molecule has 0 fully saturated rings. The molecular weight excluding hydrogens is 787 g/mol. The smallest absolute Gasteiger partial charge is 0.162 e. The van der Waals surface area contributed by atoms with Gasteiger partial charge in [0.1, 0.15) is 0 Å². The van der Waals surface area contributed by atoms with Crippen molar-refractivity contribution < 1.29 is 30.0 Å². The predicted octanol–water partition coefficient (Wildman–Crippen LogP) is 12.6. The van der Waals surface area contributed by atoms with Crippen LogP contribution < -0.4 is 0 Å². The Balaban J connectivity index is 0.000000243. The quantitative estimate of drug-likeness (QED) is 0.0717. The maximum atomic E-state index is 11.7. The molecule has 2 heterocycles. The number of aliphatic hydroxyl groups excluding tert-OH is 1. The van der Waals surface area contributed by atoms with Gasteiger partial charge in [0.2, 0.25) is 0 Å². The first-order valence-corrected chi connectivity index (χ1v) is 17.9. The van der Waals surface area contributed by atoms with Crippen LogP contribution >= 0.6 is 11.8 Å². The molecule has 1 N–H and O–H groups in total. The topological polar surface area (TPSA) is 50.2 Å². The summed E-state index contributed by atoms with van der Waals surface area (Å²) in [5, 5.41) is 19.9. The summed E-state index contributed by atoms with van der Waals surface area (Å²) in [7, 11) is 0. The number of rotatable bonds is 8. The van der Waals surface area contributed by atoms with Crippen LogP contribution in [0.3, 0.4) is 0 Å². The molecule has 0 bridgehead atoms. The van der Waals surface area contributed by atoms with Gasteiger partial charge in [0.25, 0.3) is 0 Å². The minimum atomic E-state index is 0. The molecule has 0 atom stereocenters. The van der Waals surface area contributed by atoms with Gasteiger partial charge in [-0.05, 0) is 86.5 Å². The van der Waals surface area contributed by atoms with Crippen LogP contribution in [0, 0.1) is 17.9 Å². The number of ketones is 1. The summed E-state index contributed by atoms with van der Waals surface area (Å²) < 4.78 is 0. The van der Waals surface area contributed by atoms with E-state index in [1.165, 1.54) is 59.1 Å². The average Bonchev–Trinajstić information content (AvgIpc) is 3.08. The molecule has 1 aliphatic heterocycles. The van der Waals surface area contributed by atoms with Crippen LogP contribution in [0.4, 0.5) is 0 Å². The second-order valence-corrected chi connectivity index (χ2v) is 14.0. The van der Waals surface area contributed by atoms with Crippen molar-refractivity contribution in [3.63, 3.8) is 0 Å². The molecule has 0 spiro atoms. The van der Waals surface area contributed by atoms with Crippen molar-refractivity contribution in [2.24, 2.45) is 11.8 Å². The zero-order valence-electron chi connectivity index (χ0n) is 28.7. The van der Waals surface area contributed by atoms with Crippen molar-refractivity contribution in [2.45, 2.75) is 82.9 Å². The molecule has 6 aromatic rings. The van der Waals surface area contributed by atoms with E-state index in [-0.39, 0.29) is 43.5 Å². The second-order valence-electron chi connectivity index (χ2n) is 12.9. The van der Waals surface area contributed by atoms with Crippen LogP contribution in [-0.4, -0.2) is 15.9 Å². The van der Waals surface area contributed by atoms with Crippen LogP contribution in [0.25, 0.3) is 54.3 Å². The molecule has 5 aromatic carbocycles. The van der Waals surface area contributed by atoms with Gasteiger partial charge in [0.15, 0.2) is 5.78 Å². The van der Waals surface area contributed by atoms with E-state index in [1.807, 2.05) is 45.7 Å². The molecule has 0 unspecified atom stereocenters. The number of pyridine rings is 1. The van der Waals surface area contributed by atoms with Crippen LogP contribution in [0.15, 0.2) is 101 Å². The molecule has 48 heavy (non-hydrogen) atoms. The largest absolute Gasteiger partial charge is 0.512 e. The van der Waals surface area contributed by atoms with E-state index >= 15 is 0 Å². The maximum absolute atomic E-state index is 11.7. The van der Waals surface area contributed by atoms with Crippen LogP contribution in [-0.2, 0) is 24.9 Å². The molecule has 3 nitrogen and oxygen atoms in total. The number of carbonyl (C=O) groups is 1. The third-order valence-electron chi connectivity index (χ3n) is 9.81. The molecule has 0 saturated heterocycles. The second kappa shape index (κ2) is 15.4. The molecule has 7 rings (SSSR count). The van der Waals surface area contributed by atoms with E-state index in [4.69, 9.17) is 4.98 Å². The summed E-state index contributed by atoms with van der Waals surface area (Å²) in [6, 6.07) is 30.4. The Morgan fingerprint density at radius 3 is 2.21 bits per heavy atom. The molecular formula is C43H44IrNO2S-. The van der Waals surface area contributed by atoms with Gasteiger partial charge in [-0.25, -0.2) is 0 Å². The fraction of sp³-hybridized carbons (Fsp3) is 0.302. The molecule has 249 valence electrons. The summed E-state index contributed by atoms with van der Waals surface area (Å²) in [4.78, 5) is 19.1. The van der Waals surface area contributed by atoms with Gasteiger partial charge in [-0.1, -0.05) is 101 Å². The molecule has 0 saturated carbocycles. The Morgan fingerprint density at radius 1 is 0.792 bits per heavy atom. The molecule has 0 aliphatic carbocycles. The summed E-state index contributed by atoms with van der Waals surface area (Å²) in [6.07, 6.45) is 6.86. The monoisotopic (exact) mass is 831 g/mol. The fourth-order valence-electron chi connectivity index (χ4n) is 6.82. The SMILES string of the molecule is CC(C)c1ccc2ccc3c4ccnc5c4c(cc3c2c1)Sc1cc2ccccc2[c-]c1-5.CCC(CC)C(=O)/C=C(\O)C(CC)CC.[Ir]. The maximum Gasteiger partial charge on any atom is 0.162 e. The van der Waals surface area contributed by atoms with Gasteiger partial charge < -0.3 is 5.11 Å². The molecule has 1 aromatic heterocycles. The normalized spacial score (nSPS) is 12.5. The van der Waals surface area contributed by atoms with Crippen molar-refractivity contribution >= 4 is 60.6 Å². The number of hydrogen-bond acceptors (Lipinski definition) is 4. The van der Waals surface area contributed by atoms with Crippen molar-refractivity contribution in [3.8, 4) is 11.3 Å². The minimum absolute atomic E-state index is 0. The summed E-state index contributed by atoms with van der Waals surface area (Å²) >= 11 is 1.85. The Labute approximate surface area is 302 Å². The zero-order valence-corrected chi connectivity index (χ0v) is 31.9. The van der Waals surface area contributed by atoms with E-state index in [2.05, 4.69) is 92.7 Å². The Morgan fingerprint density at radius 2 is 1.50 bits per heavy atom. The summed E-state index contributed by atoms with van der Waals surface area (Å²) in [5.41, 5.74) is 3.55. The van der Waals surface area contributed by atoms with E-state index in [9.17, 15) is 9.90 Å². The first-order chi connectivity index (χ1) is 22.8. The Hall–Kier alpha value is -3.50. The van der Waals surface area contributed by atoms with Crippen molar-refractivity contribution in [3.05, 3.63) is 102 Å². The van der Waals surface area contributed by atoms with Crippen molar-refractivity contribution in [2.75, 3.05) is 0 Å². The number of hydrogen-bond donors (Lipinski definition) is 1. The number of fused-ring (bicyclic) bond motifs is 7. The van der Waals surface area contributed by atoms with Gasteiger partial charge in [-0.15, -0.1) is 35.3 Å². The van der Waals surface area contributed by atoms with E-state index in [0.29, 0.717) is 5.92 Å². The standard InChI is InChI=1S/C30H20NS.C13H24O2.Ir/c1-17(2)19-8-7-18-9-10-22-23-11-12-31-30-26-14-20-5-3-4-6-21(20)15-27(26)32-28(29(23)30)16-25(22)24(18)13-19;1-5-10(6-2)12(14)9-13(15)11(7-3)8-4;/h3-13,15-17H,1-2H3;9-11,14H,5-8H2,1-4H3;/q-1;;/b;12-9-;. The van der Waals surface area contributed by atoms with Gasteiger partial charge >= 0.3 is 0 Å². The number of carbonyl (C=O) groups excluding carboxylic acids is 1. The minimum Gasteiger partial charge on any atom is -0.512 e. The molecule has 0 amide bonds. The fourth-order valence-corrected chi connectivity index (χ4v) is 7.98. The molecule has 5 heteroatoms. The van der Waals surface area contributed by atoms with E-state index in [0.717, 1.165) is 42.3 Å².